The highest BCUT2D eigenvalue weighted by Gasteiger charge is 2.35. The monoisotopic (exact) mass is 1020 g/mol. The van der Waals surface area contributed by atoms with Gasteiger partial charge in [0.2, 0.25) is 53.2 Å². The predicted molar refractivity (Wildman–Crippen MR) is 279 cm³/mol. The normalized spacial score (nSPS) is 22.9. The van der Waals surface area contributed by atoms with Gasteiger partial charge in [0.1, 0.15) is 48.3 Å². The van der Waals surface area contributed by atoms with E-state index in [2.05, 4.69) is 47.9 Å². The topological polar surface area (TPSA) is 366 Å². The third kappa shape index (κ3) is 23.9. The summed E-state index contributed by atoms with van der Waals surface area (Å²) >= 11 is 0. The van der Waals surface area contributed by atoms with Gasteiger partial charge in [-0.15, -0.1) is 0 Å². The highest BCUT2D eigenvalue weighted by molar-refractivity contribution is 5.99. The fourth-order valence-corrected chi connectivity index (χ4v) is 7.94. The van der Waals surface area contributed by atoms with Gasteiger partial charge in [-0.05, 0) is 122 Å². The summed E-state index contributed by atoms with van der Waals surface area (Å²) in [5.74, 6) is -6.90. The van der Waals surface area contributed by atoms with Gasteiger partial charge in [0, 0.05) is 19.0 Å². The summed E-state index contributed by atoms with van der Waals surface area (Å²) in [6.07, 6.45) is 4.50. The Balaban J connectivity index is 2.72. The Morgan fingerprint density at radius 3 is 1.55 bits per heavy atom. The molecule has 1 saturated heterocycles. The lowest BCUT2D eigenvalue weighted by Gasteiger charge is -2.28. The third-order valence-corrected chi connectivity index (χ3v) is 11.8. The Hall–Kier alpha value is -6.23. The molecule has 0 saturated carbocycles. The Labute approximate surface area is 430 Å². The second-order valence-corrected chi connectivity index (χ2v) is 19.6. The first-order valence-electron chi connectivity index (χ1n) is 25.5. The Bertz CT molecular complexity index is 2040. The molecule has 2 rings (SSSR count). The predicted octanol–water partition coefficient (Wildman–Crippen LogP) is -1.19. The van der Waals surface area contributed by atoms with Crippen molar-refractivity contribution in [3.8, 4) is 0 Å². The van der Waals surface area contributed by atoms with Crippen molar-refractivity contribution < 1.29 is 43.2 Å². The molecule has 22 heteroatoms. The zero-order chi connectivity index (χ0) is 54.6. The number of rotatable bonds is 21. The minimum absolute atomic E-state index is 0.00542. The van der Waals surface area contributed by atoms with Gasteiger partial charge in [-0.25, -0.2) is 0 Å². The zero-order valence-corrected chi connectivity index (χ0v) is 43.9. The molecule has 9 amide bonds. The third-order valence-electron chi connectivity index (χ3n) is 11.8. The number of benzene rings is 1. The first-order chi connectivity index (χ1) is 34.6. The van der Waals surface area contributed by atoms with E-state index < -0.39 is 101 Å². The summed E-state index contributed by atoms with van der Waals surface area (Å²) in [5.41, 5.74) is 26.2. The first kappa shape index (κ1) is 62.9. The van der Waals surface area contributed by atoms with Crippen LogP contribution in [0.5, 0.6) is 0 Å². The van der Waals surface area contributed by atoms with Crippen molar-refractivity contribution in [2.45, 2.75) is 161 Å². The van der Waals surface area contributed by atoms with Gasteiger partial charge < -0.3 is 70.8 Å². The van der Waals surface area contributed by atoms with Gasteiger partial charge in [0.25, 0.3) is 0 Å². The summed E-state index contributed by atoms with van der Waals surface area (Å²) in [5, 5.41) is 24.3. The fourth-order valence-electron chi connectivity index (χ4n) is 7.94. The number of carbonyl (C=O) groups is 9. The highest BCUT2D eigenvalue weighted by atomic mass is 16.2. The molecule has 1 aliphatic rings. The van der Waals surface area contributed by atoms with Crippen LogP contribution in [0, 0.1) is 11.8 Å². The molecule has 0 bridgehead atoms. The summed E-state index contributed by atoms with van der Waals surface area (Å²) in [6.45, 7) is 12.6. The molecule has 1 aromatic carbocycles. The van der Waals surface area contributed by atoms with E-state index in [1.165, 1.54) is 6.08 Å². The largest absolute Gasteiger partial charge is 0.354 e. The van der Waals surface area contributed by atoms with Gasteiger partial charge in [-0.1, -0.05) is 75.2 Å². The molecule has 0 spiro atoms. The molecule has 1 fully saturated rings. The van der Waals surface area contributed by atoms with E-state index in [0.29, 0.717) is 18.4 Å². The SMILES string of the molecule is CC(C)=CCC/C(C)=C/C(=O)N[C@H](CCN)C(=O)N[C@H]1CCNC(=O)[C@H](CC(C)C)NC(=O)[C@H](CCN)NC(=O)[C@H](CCN)NC(=O)[C@@H](Cc2ccccc2)NC(=O)[C@H](CC(C)C)NC(=O)[C@H](CCN)NC1=O. The van der Waals surface area contributed by atoms with Gasteiger partial charge in [-0.2, -0.15) is 0 Å². The van der Waals surface area contributed by atoms with E-state index in [1.807, 2.05) is 47.6 Å². The van der Waals surface area contributed by atoms with E-state index >= 15 is 0 Å². The molecule has 1 heterocycles. The van der Waals surface area contributed by atoms with E-state index in [1.54, 1.807) is 37.3 Å². The number of nitrogens with two attached hydrogens (primary N) is 4. The zero-order valence-electron chi connectivity index (χ0n) is 43.9. The molecule has 1 aliphatic heterocycles. The van der Waals surface area contributed by atoms with Crippen molar-refractivity contribution in [3.05, 3.63) is 59.2 Å². The fraction of sp³-hybridized carbons (Fsp3) is 0.627. The van der Waals surface area contributed by atoms with Crippen LogP contribution in [0.3, 0.4) is 0 Å². The van der Waals surface area contributed by atoms with Crippen LogP contribution in [-0.2, 0) is 49.6 Å². The van der Waals surface area contributed by atoms with Gasteiger partial charge >= 0.3 is 0 Å². The second-order valence-electron chi connectivity index (χ2n) is 19.6. The number of carbonyl (C=O) groups excluding carboxylic acids is 9. The summed E-state index contributed by atoms with van der Waals surface area (Å²) in [7, 11) is 0. The molecule has 0 aromatic heterocycles. The molecule has 0 unspecified atom stereocenters. The van der Waals surface area contributed by atoms with E-state index in [9.17, 15) is 43.2 Å². The molecule has 0 aliphatic carbocycles. The molecule has 408 valence electrons. The number of amides is 9. The molecule has 73 heavy (non-hydrogen) atoms. The van der Waals surface area contributed by atoms with Crippen LogP contribution in [0.1, 0.15) is 112 Å². The van der Waals surface area contributed by atoms with E-state index in [-0.39, 0.29) is 95.9 Å². The van der Waals surface area contributed by atoms with Crippen molar-refractivity contribution in [2.24, 2.45) is 34.8 Å². The summed E-state index contributed by atoms with van der Waals surface area (Å²) < 4.78 is 0. The average Bonchev–Trinajstić information content (AvgIpc) is 3.31. The van der Waals surface area contributed by atoms with E-state index in [4.69, 9.17) is 22.9 Å². The van der Waals surface area contributed by atoms with Crippen LogP contribution in [0.2, 0.25) is 0 Å². The smallest absolute Gasteiger partial charge is 0.244 e. The first-order valence-corrected chi connectivity index (χ1v) is 25.5. The average molecular weight is 1020 g/mol. The van der Waals surface area contributed by atoms with Crippen LogP contribution < -0.4 is 70.8 Å². The number of hydrogen-bond donors (Lipinski definition) is 13. The van der Waals surface area contributed by atoms with Crippen LogP contribution in [0.4, 0.5) is 0 Å². The van der Waals surface area contributed by atoms with Crippen molar-refractivity contribution in [1.29, 1.82) is 0 Å². The van der Waals surface area contributed by atoms with Crippen molar-refractivity contribution in [1.82, 2.24) is 47.9 Å². The van der Waals surface area contributed by atoms with Crippen molar-refractivity contribution in [2.75, 3.05) is 32.7 Å². The van der Waals surface area contributed by atoms with Gasteiger partial charge in [0.05, 0.1) is 0 Å². The van der Waals surface area contributed by atoms with Crippen LogP contribution in [0.25, 0.3) is 0 Å². The van der Waals surface area contributed by atoms with Crippen LogP contribution in [-0.4, -0.2) is 134 Å². The van der Waals surface area contributed by atoms with Gasteiger partial charge in [-0.3, -0.25) is 43.2 Å². The quantitative estimate of drug-likeness (QED) is 0.0510. The van der Waals surface area contributed by atoms with Crippen LogP contribution in [0.15, 0.2) is 53.6 Å². The van der Waals surface area contributed by atoms with Crippen molar-refractivity contribution >= 4 is 53.2 Å². The second kappa shape index (κ2) is 33.5. The Morgan fingerprint density at radius 2 is 1.07 bits per heavy atom. The number of hydrogen-bond acceptors (Lipinski definition) is 13. The Morgan fingerprint density at radius 1 is 0.616 bits per heavy atom. The van der Waals surface area contributed by atoms with Crippen molar-refractivity contribution in [3.63, 3.8) is 0 Å². The molecular formula is C51H85N13O9. The van der Waals surface area contributed by atoms with Gasteiger partial charge in [0.15, 0.2) is 0 Å². The lowest BCUT2D eigenvalue weighted by molar-refractivity contribution is -0.136. The maximum atomic E-state index is 14.3. The maximum Gasteiger partial charge on any atom is 0.244 e. The number of nitrogens with one attached hydrogen (secondary N) is 9. The molecule has 8 atom stereocenters. The van der Waals surface area contributed by atoms with Crippen LogP contribution >= 0.6 is 0 Å². The lowest BCUT2D eigenvalue weighted by atomic mass is 10.00. The summed E-state index contributed by atoms with van der Waals surface area (Å²) in [6, 6.07) is -1.39. The Kier molecular flexibility index (Phi) is 28.8. The molecule has 0 radical (unpaired) electrons. The molecule has 22 nitrogen and oxygen atoms in total. The minimum Gasteiger partial charge on any atom is -0.354 e. The molecule has 17 N–H and O–H groups in total. The summed E-state index contributed by atoms with van der Waals surface area (Å²) in [4.78, 5) is 126. The number of allylic oxidation sites excluding steroid dienone is 3. The lowest BCUT2D eigenvalue weighted by Crippen LogP contribution is -2.61. The minimum atomic E-state index is -1.43. The highest BCUT2D eigenvalue weighted by Crippen LogP contribution is 2.12. The molecular weight excluding hydrogens is 939 g/mol. The molecule has 1 aromatic rings. The maximum absolute atomic E-state index is 14.3. The van der Waals surface area contributed by atoms with E-state index in [0.717, 1.165) is 11.1 Å². The standard InChI is InChI=1S/C51H85N13O9/c1-30(2)12-11-13-33(7)28-43(65)57-35(16-21-52)45(67)61-39-20-25-56-44(66)40(26-31(3)4)62-47(69)37(18-23-54)58-46(68)36(17-22-53)60-51(73)42(29-34-14-9-8-10-15-34)64-50(72)41(27-32(5)6)63-48(70)38(19-24-55)59-49(39)71/h8-10,12,14-15,28,31-32,35-42H,11,13,16-27,29,52-55H2,1-7H3,(H,56,66)(H,57,65)(H,58,68)(H,59,71)(H,60,73)(H,61,67)(H,62,69)(H,63,70)(H,64,72)/b33-28+/t35-,36+,37+,38+,39+,40+,41+,42-/m1/s1.